The van der Waals surface area contributed by atoms with Gasteiger partial charge >= 0.3 is 5.97 Å². The van der Waals surface area contributed by atoms with Crippen LogP contribution in [0.4, 0.5) is 0 Å². The summed E-state index contributed by atoms with van der Waals surface area (Å²) in [5.41, 5.74) is 4.26. The fourth-order valence-electron chi connectivity index (χ4n) is 3.93. The molecule has 3 aromatic rings. The summed E-state index contributed by atoms with van der Waals surface area (Å²) in [6, 6.07) is 18.1. The van der Waals surface area contributed by atoms with Gasteiger partial charge in [-0.25, -0.2) is 0 Å². The van der Waals surface area contributed by atoms with Crippen LogP contribution in [-0.2, 0) is 9.53 Å². The lowest BCUT2D eigenvalue weighted by molar-refractivity contribution is -0.140. The average Bonchev–Trinajstić information content (AvgIpc) is 3.36. The van der Waals surface area contributed by atoms with Crippen LogP contribution in [0.3, 0.4) is 0 Å². The molecular weight excluding hydrogens is 396 g/mol. The topological polar surface area (TPSA) is 59.4 Å². The van der Waals surface area contributed by atoms with E-state index in [1.54, 1.807) is 6.20 Å². The van der Waals surface area contributed by atoms with Gasteiger partial charge in [0.05, 0.1) is 31.3 Å². The predicted octanol–water partition coefficient (Wildman–Crippen LogP) is 3.72. The number of esters is 1. The van der Waals surface area contributed by atoms with Crippen LogP contribution in [-0.4, -0.2) is 39.2 Å². The van der Waals surface area contributed by atoms with Gasteiger partial charge in [-0.3, -0.25) is 9.78 Å². The highest BCUT2D eigenvalue weighted by molar-refractivity contribution is 7.80. The van der Waals surface area contributed by atoms with Crippen molar-refractivity contribution in [1.29, 1.82) is 0 Å². The SMILES string of the molecule is COC(=O)CCN1C(=S)N[C@H](c2ccccn2)[C@H]1c1cccn1-c1cccc(C)c1. The first-order valence-corrected chi connectivity index (χ1v) is 10.3. The molecule has 4 rings (SSSR count). The zero-order valence-corrected chi connectivity index (χ0v) is 17.8. The van der Waals surface area contributed by atoms with Crippen LogP contribution < -0.4 is 5.32 Å². The first-order chi connectivity index (χ1) is 14.6. The maximum atomic E-state index is 11.8. The molecule has 7 heteroatoms. The molecule has 0 aliphatic carbocycles. The Labute approximate surface area is 181 Å². The van der Waals surface area contributed by atoms with Gasteiger partial charge in [-0.05, 0) is 61.1 Å². The average molecular weight is 421 g/mol. The molecule has 0 spiro atoms. The number of hydrogen-bond donors (Lipinski definition) is 1. The van der Waals surface area contributed by atoms with E-state index < -0.39 is 0 Å². The summed E-state index contributed by atoms with van der Waals surface area (Å²) < 4.78 is 7.02. The number of pyridine rings is 1. The van der Waals surface area contributed by atoms with Crippen LogP contribution in [0.5, 0.6) is 0 Å². The third-order valence-corrected chi connectivity index (χ3v) is 5.70. The monoisotopic (exact) mass is 420 g/mol. The number of nitrogens with one attached hydrogen (secondary N) is 1. The zero-order chi connectivity index (χ0) is 21.1. The molecule has 30 heavy (non-hydrogen) atoms. The Bertz CT molecular complexity index is 1050. The molecule has 1 aromatic carbocycles. The van der Waals surface area contributed by atoms with Gasteiger partial charge in [0.25, 0.3) is 0 Å². The first kappa shape index (κ1) is 20.1. The maximum absolute atomic E-state index is 11.8. The summed E-state index contributed by atoms with van der Waals surface area (Å²) >= 11 is 5.66. The van der Waals surface area contributed by atoms with Crippen molar-refractivity contribution < 1.29 is 9.53 Å². The third kappa shape index (κ3) is 3.93. The Kier molecular flexibility index (Phi) is 5.81. The van der Waals surface area contributed by atoms with E-state index in [2.05, 4.69) is 63.2 Å². The number of hydrogen-bond acceptors (Lipinski definition) is 4. The van der Waals surface area contributed by atoms with E-state index in [0.717, 1.165) is 17.1 Å². The Morgan fingerprint density at radius 3 is 2.80 bits per heavy atom. The molecule has 0 radical (unpaired) electrons. The number of aromatic nitrogens is 2. The summed E-state index contributed by atoms with van der Waals surface area (Å²) in [7, 11) is 1.40. The van der Waals surface area contributed by atoms with E-state index in [4.69, 9.17) is 17.0 Å². The van der Waals surface area contributed by atoms with Crippen LogP contribution in [0.25, 0.3) is 5.69 Å². The smallest absolute Gasteiger partial charge is 0.307 e. The Hall–Kier alpha value is -3.19. The molecule has 1 N–H and O–H groups in total. The molecular formula is C23H24N4O2S. The second-order valence-corrected chi connectivity index (χ2v) is 7.67. The molecule has 0 unspecified atom stereocenters. The molecule has 1 fully saturated rings. The maximum Gasteiger partial charge on any atom is 0.307 e. The Morgan fingerprint density at radius 2 is 2.07 bits per heavy atom. The van der Waals surface area contributed by atoms with Gasteiger partial charge in [0, 0.05) is 30.3 Å². The zero-order valence-electron chi connectivity index (χ0n) is 17.0. The number of ether oxygens (including phenoxy) is 1. The Morgan fingerprint density at radius 1 is 1.20 bits per heavy atom. The van der Waals surface area contributed by atoms with Gasteiger partial charge in [-0.2, -0.15) is 0 Å². The van der Waals surface area contributed by atoms with Crippen LogP contribution >= 0.6 is 12.2 Å². The number of thiocarbonyl (C=S) groups is 1. The Balaban J connectivity index is 1.76. The lowest BCUT2D eigenvalue weighted by Crippen LogP contribution is -2.32. The van der Waals surface area contributed by atoms with Gasteiger partial charge in [0.2, 0.25) is 0 Å². The number of aryl methyl sites for hydroxylation is 1. The molecule has 1 aliphatic rings. The molecule has 0 saturated carbocycles. The fraction of sp³-hybridized carbons (Fsp3) is 0.261. The second kappa shape index (κ2) is 8.67. The molecule has 1 saturated heterocycles. The van der Waals surface area contributed by atoms with Crippen molar-refractivity contribution >= 4 is 23.3 Å². The third-order valence-electron chi connectivity index (χ3n) is 5.35. The fourth-order valence-corrected chi connectivity index (χ4v) is 4.26. The van der Waals surface area contributed by atoms with Gasteiger partial charge < -0.3 is 19.5 Å². The summed E-state index contributed by atoms with van der Waals surface area (Å²) in [6.07, 6.45) is 4.10. The predicted molar refractivity (Wildman–Crippen MR) is 119 cm³/mol. The quantitative estimate of drug-likeness (QED) is 0.485. The van der Waals surface area contributed by atoms with Gasteiger partial charge in [-0.1, -0.05) is 18.2 Å². The standard InChI is InChI=1S/C23H24N4O2S/c1-16-7-5-8-17(15-16)26-13-6-10-19(26)22-21(18-9-3-4-12-24-18)25-23(30)27(22)14-11-20(28)29-2/h3-10,12-13,15,21-22H,11,14H2,1-2H3,(H,25,30)/t21-,22-/m1/s1. The number of carbonyl (C=O) groups excluding carboxylic acids is 1. The summed E-state index contributed by atoms with van der Waals surface area (Å²) in [6.45, 7) is 2.55. The second-order valence-electron chi connectivity index (χ2n) is 7.29. The van der Waals surface area contributed by atoms with Crippen molar-refractivity contribution in [2.24, 2.45) is 0 Å². The van der Waals surface area contributed by atoms with Crippen molar-refractivity contribution in [2.45, 2.75) is 25.4 Å². The molecule has 0 bridgehead atoms. The molecule has 0 amide bonds. The minimum atomic E-state index is -0.257. The number of benzene rings is 1. The van der Waals surface area contributed by atoms with E-state index in [9.17, 15) is 4.79 Å². The van der Waals surface area contributed by atoms with Gasteiger partial charge in [0.1, 0.15) is 0 Å². The molecule has 1 aliphatic heterocycles. The van der Waals surface area contributed by atoms with E-state index >= 15 is 0 Å². The van der Waals surface area contributed by atoms with Crippen molar-refractivity contribution in [3.8, 4) is 5.69 Å². The highest BCUT2D eigenvalue weighted by atomic mass is 32.1. The van der Waals surface area contributed by atoms with Gasteiger partial charge in [-0.15, -0.1) is 0 Å². The minimum absolute atomic E-state index is 0.118. The number of carbonyl (C=O) groups is 1. The summed E-state index contributed by atoms with van der Waals surface area (Å²) in [5, 5.41) is 4.03. The van der Waals surface area contributed by atoms with Crippen molar-refractivity contribution in [1.82, 2.24) is 19.8 Å². The summed E-state index contributed by atoms with van der Waals surface area (Å²) in [5.74, 6) is -0.257. The van der Waals surface area contributed by atoms with Crippen LogP contribution in [0.1, 0.15) is 35.5 Å². The van der Waals surface area contributed by atoms with Crippen molar-refractivity contribution in [3.05, 3.63) is 83.9 Å². The number of rotatable bonds is 6. The minimum Gasteiger partial charge on any atom is -0.469 e. The summed E-state index contributed by atoms with van der Waals surface area (Å²) in [4.78, 5) is 18.4. The number of nitrogens with zero attached hydrogens (tertiary/aromatic N) is 3. The molecule has 2 aromatic heterocycles. The molecule has 154 valence electrons. The van der Waals surface area contributed by atoms with Crippen molar-refractivity contribution in [3.63, 3.8) is 0 Å². The van der Waals surface area contributed by atoms with E-state index in [-0.39, 0.29) is 24.5 Å². The van der Waals surface area contributed by atoms with E-state index in [0.29, 0.717) is 11.7 Å². The largest absolute Gasteiger partial charge is 0.469 e. The van der Waals surface area contributed by atoms with E-state index in [1.807, 2.05) is 24.3 Å². The van der Waals surface area contributed by atoms with Gasteiger partial charge in [0.15, 0.2) is 5.11 Å². The van der Waals surface area contributed by atoms with Crippen LogP contribution in [0.2, 0.25) is 0 Å². The first-order valence-electron chi connectivity index (χ1n) is 9.87. The lowest BCUT2D eigenvalue weighted by atomic mass is 10.0. The molecule has 3 heterocycles. The highest BCUT2D eigenvalue weighted by Gasteiger charge is 2.41. The number of methoxy groups -OCH3 is 1. The van der Waals surface area contributed by atoms with Crippen LogP contribution in [0, 0.1) is 6.92 Å². The van der Waals surface area contributed by atoms with E-state index in [1.165, 1.54) is 12.7 Å². The normalized spacial score (nSPS) is 18.3. The lowest BCUT2D eigenvalue weighted by Gasteiger charge is -2.28. The van der Waals surface area contributed by atoms with Crippen LogP contribution in [0.15, 0.2) is 67.0 Å². The van der Waals surface area contributed by atoms with Crippen molar-refractivity contribution in [2.75, 3.05) is 13.7 Å². The highest BCUT2D eigenvalue weighted by Crippen LogP contribution is 2.39. The molecule has 6 nitrogen and oxygen atoms in total. The molecule has 2 atom stereocenters.